The molecule has 0 aromatic heterocycles. The molecule has 0 amide bonds. The average molecular weight is 941 g/mol. The van der Waals surface area contributed by atoms with E-state index in [1.54, 1.807) is 85.1 Å². The van der Waals surface area contributed by atoms with E-state index in [-0.39, 0.29) is 50.3 Å². The molecule has 0 saturated carbocycles. The maximum Gasteiger partial charge on any atom is 2.00 e. The first kappa shape index (κ1) is 70.8. The van der Waals surface area contributed by atoms with Crippen molar-refractivity contribution in [3.05, 3.63) is 134 Å². The summed E-state index contributed by atoms with van der Waals surface area (Å²) in [5.74, 6) is -4.03. The number of unbranched alkanes of at least 4 members (excludes halogenated alkanes) is 2. The molecule has 10 N–H and O–H groups in total. The van der Waals surface area contributed by atoms with Crippen LogP contribution >= 0.6 is 0 Å². The van der Waals surface area contributed by atoms with Gasteiger partial charge in [-0.2, -0.15) is 0 Å². The van der Waals surface area contributed by atoms with Gasteiger partial charge >= 0.3 is 37.7 Å². The molecule has 14 nitrogen and oxygen atoms in total. The molecule has 0 aliphatic rings. The molecule has 0 radical (unpaired) electrons. The summed E-state index contributed by atoms with van der Waals surface area (Å²) in [5, 5.41) is 87.0. The number of hydrogen-bond donors (Lipinski definition) is 7. The van der Waals surface area contributed by atoms with Crippen LogP contribution in [0.15, 0.2) is 122 Å². The molecule has 0 spiro atoms. The number of allylic oxidation sites excluding steroid dienone is 12. The van der Waals surface area contributed by atoms with Crippen LogP contribution in [0.3, 0.4) is 0 Å². The third kappa shape index (κ3) is 62.9. The Hall–Kier alpha value is -3.25. The van der Waals surface area contributed by atoms with Gasteiger partial charge in [-0.1, -0.05) is 168 Å². The van der Waals surface area contributed by atoms with Crippen LogP contribution in [0.4, 0.5) is 0 Å². The molecule has 0 aromatic rings. The molecular weight excluding hydrogens is 861 g/mol. The average Bonchev–Trinajstić information content (AvgIpc) is 3.25. The number of aliphatic hydroxyl groups is 6. The number of carboxylic acid groups (broad SMARTS) is 3. The molecule has 0 saturated heterocycles. The Morgan fingerprint density at radius 2 is 0.892 bits per heavy atom. The largest absolute Gasteiger partial charge is 2.00 e. The van der Waals surface area contributed by atoms with Crippen molar-refractivity contribution in [2.75, 3.05) is 6.54 Å². The fourth-order valence-corrected chi connectivity index (χ4v) is 4.18. The Morgan fingerprint density at radius 3 is 1.22 bits per heavy atom. The Kier molecular flexibility index (Phi) is 58.1. The third-order valence-corrected chi connectivity index (χ3v) is 8.23. The van der Waals surface area contributed by atoms with Gasteiger partial charge in [-0.25, -0.2) is 0 Å². The van der Waals surface area contributed by atoms with E-state index < -0.39 is 60.4 Å². The Labute approximate surface area is 419 Å². The van der Waals surface area contributed by atoms with Crippen molar-refractivity contribution in [3.8, 4) is 0 Å². The molecule has 0 rings (SSSR count). The van der Waals surface area contributed by atoms with E-state index in [0.29, 0.717) is 44.9 Å². The third-order valence-electron chi connectivity index (χ3n) is 8.23. The van der Waals surface area contributed by atoms with E-state index in [4.69, 9.17) is 5.73 Å². The number of quaternary nitrogens is 1. The van der Waals surface area contributed by atoms with Crippen molar-refractivity contribution in [3.63, 3.8) is 0 Å². The number of nitrogens with one attached hydrogen (secondary N) is 1. The van der Waals surface area contributed by atoms with Gasteiger partial charge in [-0.05, 0) is 64.2 Å². The van der Waals surface area contributed by atoms with Crippen molar-refractivity contribution in [1.29, 1.82) is 0 Å². The number of aliphatic carboxylic acids is 3. The van der Waals surface area contributed by atoms with Crippen LogP contribution in [0.1, 0.15) is 111 Å². The molecule has 0 aliphatic heterocycles. The minimum atomic E-state index is -1.32. The fourth-order valence-electron chi connectivity index (χ4n) is 4.18. The van der Waals surface area contributed by atoms with Crippen LogP contribution in [0, 0.1) is 12.8 Å². The Bertz CT molecular complexity index is 1440. The van der Waals surface area contributed by atoms with Gasteiger partial charge in [0.1, 0.15) is 0 Å². The molecule has 0 fully saturated rings. The van der Waals surface area contributed by atoms with Crippen LogP contribution in [0.2, 0.25) is 0 Å². The Balaban J connectivity index is -0.000000274. The zero-order valence-electron chi connectivity index (χ0n) is 39.3. The quantitative estimate of drug-likeness (QED) is 0.0229. The summed E-state index contributed by atoms with van der Waals surface area (Å²) in [7, 11) is 0. The van der Waals surface area contributed by atoms with Crippen LogP contribution in [-0.2, 0) is 14.4 Å². The van der Waals surface area contributed by atoms with E-state index in [0.717, 1.165) is 38.6 Å². The van der Waals surface area contributed by atoms with Crippen LogP contribution < -0.4 is 21.1 Å². The van der Waals surface area contributed by atoms with Gasteiger partial charge in [0.2, 0.25) is 0 Å². The normalized spacial score (nSPS) is 15.8. The number of carbonyl (C=O) groups is 3. The Morgan fingerprint density at radius 1 is 0.538 bits per heavy atom. The fraction of sp³-hybridized carbons (Fsp3) is 0.520. The maximum atomic E-state index is 10.2. The predicted octanol–water partition coefficient (Wildman–Crippen LogP) is 2.81. The molecule has 0 unspecified atom stereocenters. The number of carbonyl (C=O) groups excluding carboxylic acids is 3. The summed E-state index contributed by atoms with van der Waals surface area (Å²) in [5.41, 5.74) is 10.0. The van der Waals surface area contributed by atoms with Crippen molar-refractivity contribution in [2.45, 2.75) is 154 Å². The van der Waals surface area contributed by atoms with E-state index in [9.17, 15) is 60.3 Å². The second-order valence-electron chi connectivity index (χ2n) is 14.4. The monoisotopic (exact) mass is 941 g/mol. The SMILES string of the molecule is CCCC[C@H](O)\C=C/C=C/C=C/[C@H](O)C/C=C\C=C\[C@H](O)CC.CC[C@@H](O)/C=C/C=C\C[C@@H](O)/C=C/C=C/C=C\[C@@H](O)CCCC(=O)[O-].C[C@H]([NH-])C(=O)[O-].[CH2-][C@@H](CCCC[NH3+])C(=O)[O-].[Ca+2]. The molecule has 0 aromatic carbocycles. The minimum Gasteiger partial charge on any atom is -0.670 e. The number of carboxylic acids is 3. The van der Waals surface area contributed by atoms with Gasteiger partial charge in [0.15, 0.2) is 0 Å². The zero-order valence-corrected chi connectivity index (χ0v) is 41.5. The van der Waals surface area contributed by atoms with Gasteiger partial charge in [-0.3, -0.25) is 0 Å². The minimum absolute atomic E-state index is 0. The second-order valence-corrected chi connectivity index (χ2v) is 14.4. The maximum absolute atomic E-state index is 10.2. The zero-order chi connectivity index (χ0) is 49.4. The van der Waals surface area contributed by atoms with Gasteiger partial charge in [0.25, 0.3) is 0 Å². The molecular formula is C50H80CaN2O12-2. The van der Waals surface area contributed by atoms with Crippen molar-refractivity contribution >= 4 is 55.6 Å². The van der Waals surface area contributed by atoms with Crippen LogP contribution in [-0.4, -0.2) is 135 Å². The molecule has 15 heteroatoms. The molecule has 8 atom stereocenters. The van der Waals surface area contributed by atoms with E-state index in [2.05, 4.69) is 19.6 Å². The van der Waals surface area contributed by atoms with E-state index in [1.807, 2.05) is 50.3 Å². The van der Waals surface area contributed by atoms with Crippen LogP contribution in [0.5, 0.6) is 0 Å². The van der Waals surface area contributed by atoms with E-state index >= 15 is 0 Å². The number of rotatable bonds is 31. The molecule has 0 aliphatic carbocycles. The molecule has 366 valence electrons. The summed E-state index contributed by atoms with van der Waals surface area (Å²) >= 11 is 0. The summed E-state index contributed by atoms with van der Waals surface area (Å²) in [6.07, 6.45) is 40.5. The second kappa shape index (κ2) is 53.4. The molecule has 0 heterocycles. The van der Waals surface area contributed by atoms with Gasteiger partial charge in [-0.15, -0.1) is 12.0 Å². The van der Waals surface area contributed by atoms with E-state index in [1.165, 1.54) is 6.92 Å². The first-order valence-electron chi connectivity index (χ1n) is 22.1. The number of aliphatic hydroxyl groups excluding tert-OH is 6. The summed E-state index contributed by atoms with van der Waals surface area (Å²) in [6, 6.07) is -1.09. The topological polar surface area (TPSA) is 293 Å². The first-order chi connectivity index (χ1) is 30.4. The van der Waals surface area contributed by atoms with Crippen molar-refractivity contribution < 1.29 is 66.1 Å². The van der Waals surface area contributed by atoms with Crippen LogP contribution in [0.25, 0.3) is 5.73 Å². The standard InChI is InChI=1S/C20H30O5.C20H32O3.C7H14NO2.C3H6NO2.Ca/c1-2-17(21)11-8-5-9-14-18(22)12-6-3-4-7-13-19(23)15-10-16-20(24)25;1-3-5-13-19(22)15-9-6-7-10-16-20(23)17-12-8-11-14-18(21)4-2;1-6(7(9)10)4-2-3-5-8;1-2(4)3(5)6;/h3-9,11-13,17-19,21-23H,2,10,14-16H2,1H3,(H,24,25);6-12,14-16,18-23H,3-5,13,17H2,1-2H3;6H,1-5,8H2,(H,9,10);2,4H,1H3,(H,5,6);/q;;2*-1;+2/p-2/b4-3+,9-5-,11-8+,12-6+,13-7-;7-6+,12-8-,14-11+,15-9-,16-10+;;;/t17-,18+,19-;18-,19+,20+;6-;2-;/m1100./s1. The smallest absolute Gasteiger partial charge is 0.670 e. The number of hydrogen-bond acceptors (Lipinski definition) is 12. The predicted molar refractivity (Wildman–Crippen MR) is 256 cm³/mol. The first-order valence-corrected chi connectivity index (χ1v) is 22.1. The summed E-state index contributed by atoms with van der Waals surface area (Å²) in [4.78, 5) is 29.7. The summed E-state index contributed by atoms with van der Waals surface area (Å²) in [6.45, 7) is 11.5. The van der Waals surface area contributed by atoms with Crippen molar-refractivity contribution in [1.82, 2.24) is 0 Å². The van der Waals surface area contributed by atoms with Gasteiger partial charge in [0.05, 0.1) is 43.2 Å². The van der Waals surface area contributed by atoms with Gasteiger partial charge < -0.3 is 78.7 Å². The van der Waals surface area contributed by atoms with Gasteiger partial charge in [0, 0.05) is 17.9 Å². The van der Waals surface area contributed by atoms with Crippen molar-refractivity contribution in [2.24, 2.45) is 5.92 Å². The molecule has 65 heavy (non-hydrogen) atoms. The summed E-state index contributed by atoms with van der Waals surface area (Å²) < 4.78 is 0. The molecule has 0 bridgehead atoms.